The van der Waals surface area contributed by atoms with Crippen LogP contribution in [0.25, 0.3) is 0 Å². The molecule has 2 rings (SSSR count). The SMILES string of the molecule is CC(C)Cn1ncc(NC(C)C(=O)NC2CC2)c(Cl)c1=O. The third-order valence-electron chi connectivity index (χ3n) is 3.21. The quantitative estimate of drug-likeness (QED) is 0.837. The average molecular weight is 313 g/mol. The standard InChI is InChI=1S/C14H21ClN4O2/c1-8(2)7-19-14(21)12(15)11(6-16-19)17-9(3)13(20)18-10-4-5-10/h6,8-10,17H,4-5,7H2,1-3H3,(H,18,20). The zero-order chi connectivity index (χ0) is 15.6. The number of amides is 1. The van der Waals surface area contributed by atoms with Gasteiger partial charge in [0.2, 0.25) is 5.91 Å². The van der Waals surface area contributed by atoms with Crippen molar-refractivity contribution >= 4 is 23.2 Å². The van der Waals surface area contributed by atoms with Gasteiger partial charge in [-0.15, -0.1) is 0 Å². The van der Waals surface area contributed by atoms with Crippen LogP contribution in [0, 0.1) is 5.92 Å². The molecular weight excluding hydrogens is 292 g/mol. The Bertz CT molecular complexity index is 581. The maximum absolute atomic E-state index is 12.1. The van der Waals surface area contributed by atoms with Crippen LogP contribution < -0.4 is 16.2 Å². The van der Waals surface area contributed by atoms with Gasteiger partial charge in [0.1, 0.15) is 11.1 Å². The molecule has 1 amide bonds. The summed E-state index contributed by atoms with van der Waals surface area (Å²) in [6.07, 6.45) is 3.56. The molecular formula is C14H21ClN4O2. The molecule has 0 spiro atoms. The molecule has 7 heteroatoms. The Kier molecular flexibility index (Phi) is 4.88. The molecule has 1 aliphatic carbocycles. The summed E-state index contributed by atoms with van der Waals surface area (Å²) < 4.78 is 1.34. The molecule has 21 heavy (non-hydrogen) atoms. The molecule has 116 valence electrons. The Balaban J connectivity index is 2.07. The van der Waals surface area contributed by atoms with Crippen molar-refractivity contribution in [3.05, 3.63) is 21.6 Å². The number of hydrogen-bond acceptors (Lipinski definition) is 4. The Morgan fingerprint density at radius 2 is 2.14 bits per heavy atom. The monoisotopic (exact) mass is 312 g/mol. The van der Waals surface area contributed by atoms with E-state index in [4.69, 9.17) is 11.6 Å². The number of nitrogens with one attached hydrogen (secondary N) is 2. The van der Waals surface area contributed by atoms with Crippen molar-refractivity contribution in [3.63, 3.8) is 0 Å². The minimum Gasteiger partial charge on any atom is -0.371 e. The fourth-order valence-electron chi connectivity index (χ4n) is 1.89. The van der Waals surface area contributed by atoms with E-state index < -0.39 is 6.04 Å². The summed E-state index contributed by atoms with van der Waals surface area (Å²) in [6.45, 7) is 6.24. The van der Waals surface area contributed by atoms with E-state index >= 15 is 0 Å². The van der Waals surface area contributed by atoms with Gasteiger partial charge in [0, 0.05) is 12.6 Å². The van der Waals surface area contributed by atoms with Gasteiger partial charge in [-0.3, -0.25) is 9.59 Å². The summed E-state index contributed by atoms with van der Waals surface area (Å²) in [5, 5.41) is 10.00. The second kappa shape index (κ2) is 6.47. The van der Waals surface area contributed by atoms with Crippen molar-refractivity contribution in [1.82, 2.24) is 15.1 Å². The van der Waals surface area contributed by atoms with Crippen molar-refractivity contribution in [1.29, 1.82) is 0 Å². The molecule has 1 aromatic rings. The van der Waals surface area contributed by atoms with Crippen molar-refractivity contribution in [3.8, 4) is 0 Å². The van der Waals surface area contributed by atoms with Gasteiger partial charge >= 0.3 is 0 Å². The predicted molar refractivity (Wildman–Crippen MR) is 82.6 cm³/mol. The van der Waals surface area contributed by atoms with E-state index in [1.165, 1.54) is 10.9 Å². The zero-order valence-corrected chi connectivity index (χ0v) is 13.3. The van der Waals surface area contributed by atoms with Crippen molar-refractivity contribution in [2.75, 3.05) is 5.32 Å². The smallest absolute Gasteiger partial charge is 0.287 e. The molecule has 0 saturated heterocycles. The lowest BCUT2D eigenvalue weighted by Crippen LogP contribution is -2.39. The number of rotatable bonds is 6. The second-order valence-electron chi connectivity index (χ2n) is 5.90. The van der Waals surface area contributed by atoms with Crippen LogP contribution in [0.1, 0.15) is 33.6 Å². The van der Waals surface area contributed by atoms with Crippen LogP contribution in [0.4, 0.5) is 5.69 Å². The third-order valence-corrected chi connectivity index (χ3v) is 3.58. The predicted octanol–water partition coefficient (Wildman–Crippen LogP) is 1.63. The summed E-state index contributed by atoms with van der Waals surface area (Å²) in [4.78, 5) is 24.0. The number of carbonyl (C=O) groups excluding carboxylic acids is 1. The highest BCUT2D eigenvalue weighted by Gasteiger charge is 2.26. The van der Waals surface area contributed by atoms with Crippen molar-refractivity contribution < 1.29 is 4.79 Å². The van der Waals surface area contributed by atoms with E-state index in [0.29, 0.717) is 24.2 Å². The number of nitrogens with zero attached hydrogens (tertiary/aromatic N) is 2. The van der Waals surface area contributed by atoms with E-state index in [-0.39, 0.29) is 16.5 Å². The molecule has 0 bridgehead atoms. The average Bonchev–Trinajstić information content (AvgIpc) is 3.21. The molecule has 1 heterocycles. The van der Waals surface area contributed by atoms with Crippen LogP contribution in [0.2, 0.25) is 5.02 Å². The van der Waals surface area contributed by atoms with Gasteiger partial charge in [-0.2, -0.15) is 5.10 Å². The molecule has 0 radical (unpaired) electrons. The van der Waals surface area contributed by atoms with Gasteiger partial charge in [0.25, 0.3) is 5.56 Å². The minimum absolute atomic E-state index is 0.0664. The Hall–Kier alpha value is -1.56. The normalized spacial score (nSPS) is 15.9. The summed E-state index contributed by atoms with van der Waals surface area (Å²) in [6, 6.07) is -0.167. The van der Waals surface area contributed by atoms with E-state index in [2.05, 4.69) is 15.7 Å². The fraction of sp³-hybridized carbons (Fsp3) is 0.643. The Morgan fingerprint density at radius 1 is 1.48 bits per heavy atom. The molecule has 6 nitrogen and oxygen atoms in total. The maximum atomic E-state index is 12.1. The summed E-state index contributed by atoms with van der Waals surface area (Å²) in [7, 11) is 0. The molecule has 0 aliphatic heterocycles. The van der Waals surface area contributed by atoms with Crippen LogP contribution in [0.3, 0.4) is 0 Å². The Morgan fingerprint density at radius 3 is 2.71 bits per heavy atom. The molecule has 0 aromatic carbocycles. The first-order valence-corrected chi connectivity index (χ1v) is 7.58. The molecule has 1 unspecified atom stereocenters. The highest BCUT2D eigenvalue weighted by Crippen LogP contribution is 2.20. The van der Waals surface area contributed by atoms with Gasteiger partial charge in [-0.25, -0.2) is 4.68 Å². The largest absolute Gasteiger partial charge is 0.371 e. The van der Waals surface area contributed by atoms with Gasteiger partial charge < -0.3 is 10.6 Å². The van der Waals surface area contributed by atoms with Crippen LogP contribution in [0.15, 0.2) is 11.0 Å². The topological polar surface area (TPSA) is 76.0 Å². The molecule has 1 saturated carbocycles. The molecule has 1 aromatic heterocycles. The van der Waals surface area contributed by atoms with Gasteiger partial charge in [0.15, 0.2) is 0 Å². The zero-order valence-electron chi connectivity index (χ0n) is 12.5. The molecule has 1 atom stereocenters. The van der Waals surface area contributed by atoms with E-state index in [1.807, 2.05) is 13.8 Å². The first-order valence-electron chi connectivity index (χ1n) is 7.21. The summed E-state index contributed by atoms with van der Waals surface area (Å²) >= 11 is 6.08. The number of aromatic nitrogens is 2. The third kappa shape index (κ3) is 4.20. The van der Waals surface area contributed by atoms with Crippen molar-refractivity contribution in [2.24, 2.45) is 5.92 Å². The summed E-state index contributed by atoms with van der Waals surface area (Å²) in [5.41, 5.74) is 0.0466. The highest BCUT2D eigenvalue weighted by atomic mass is 35.5. The van der Waals surface area contributed by atoms with E-state index in [1.54, 1.807) is 6.92 Å². The van der Waals surface area contributed by atoms with Gasteiger partial charge in [0.05, 0.1) is 11.9 Å². The second-order valence-corrected chi connectivity index (χ2v) is 6.28. The number of carbonyl (C=O) groups is 1. The maximum Gasteiger partial charge on any atom is 0.287 e. The lowest BCUT2D eigenvalue weighted by Gasteiger charge is -2.16. The first kappa shape index (κ1) is 15.8. The van der Waals surface area contributed by atoms with Gasteiger partial charge in [-0.05, 0) is 25.7 Å². The van der Waals surface area contributed by atoms with E-state index in [9.17, 15) is 9.59 Å². The number of halogens is 1. The van der Waals surface area contributed by atoms with Crippen LogP contribution in [0.5, 0.6) is 0 Å². The first-order chi connectivity index (χ1) is 9.88. The molecule has 1 fully saturated rings. The summed E-state index contributed by atoms with van der Waals surface area (Å²) in [5.74, 6) is 0.202. The Labute approximate surface area is 128 Å². The number of hydrogen-bond donors (Lipinski definition) is 2. The van der Waals surface area contributed by atoms with Crippen LogP contribution in [-0.4, -0.2) is 27.8 Å². The molecule has 1 aliphatic rings. The van der Waals surface area contributed by atoms with E-state index in [0.717, 1.165) is 12.8 Å². The fourth-order valence-corrected chi connectivity index (χ4v) is 2.10. The van der Waals surface area contributed by atoms with Gasteiger partial charge in [-0.1, -0.05) is 25.4 Å². The minimum atomic E-state index is -0.467. The molecule has 2 N–H and O–H groups in total. The van der Waals surface area contributed by atoms with Crippen molar-refractivity contribution in [2.45, 2.75) is 52.2 Å². The lowest BCUT2D eigenvalue weighted by atomic mass is 10.2. The van der Waals surface area contributed by atoms with Crippen LogP contribution >= 0.6 is 11.6 Å². The lowest BCUT2D eigenvalue weighted by molar-refractivity contribution is -0.121. The highest BCUT2D eigenvalue weighted by molar-refractivity contribution is 6.33. The van der Waals surface area contributed by atoms with Crippen LogP contribution in [-0.2, 0) is 11.3 Å². The number of anilines is 1.